The maximum Gasteiger partial charge on any atom is 0.282 e. The van der Waals surface area contributed by atoms with Gasteiger partial charge in [0.2, 0.25) is 11.8 Å². The topological polar surface area (TPSA) is 155 Å². The predicted molar refractivity (Wildman–Crippen MR) is 303 cm³/mol. The van der Waals surface area contributed by atoms with Crippen LogP contribution >= 0.6 is 22.9 Å². The van der Waals surface area contributed by atoms with E-state index >= 15 is 0 Å². The van der Waals surface area contributed by atoms with Crippen molar-refractivity contribution in [3.05, 3.63) is 122 Å². The molecule has 0 bridgehead atoms. The standard InChI is InChI=1S/C61H74ClFN10O4S/c1-37-53(78-36-64-37)42-18-16-40(17-19-42)47(32-70-34-60(5,63)35-70)65-55(75)51-29-44(74)31-71(51)57(77)54(59(2,3)4)72-33-48(67-68-72)41-14-12-38(13-15-41)30-69-26-22-39(23-27-69)43-20-21-45-50(28-43)73-49-11-9-10-46(62)52(49)56(76)66-58(73)61(45)24-7-6-8-25-61/h9-11,16-21,28,33,36,38-39,41,44,47,51,54,74H,6-8,12-15,22-27,29-32,34-35H2,1-5H3,(H,65,75)/t38?,41?,44-,47+,51+,54-/m1/s1. The average molecular weight is 1100 g/mol. The van der Waals surface area contributed by atoms with Gasteiger partial charge in [0.05, 0.1) is 60.9 Å². The van der Waals surface area contributed by atoms with Crippen molar-refractivity contribution in [2.75, 3.05) is 45.8 Å². The van der Waals surface area contributed by atoms with Crippen LogP contribution < -0.4 is 10.9 Å². The third kappa shape index (κ3) is 10.0. The largest absolute Gasteiger partial charge is 0.391 e. The number of halogens is 2. The zero-order chi connectivity index (χ0) is 54.3. The van der Waals surface area contributed by atoms with Gasteiger partial charge < -0.3 is 20.2 Å². The van der Waals surface area contributed by atoms with Gasteiger partial charge in [0.25, 0.3) is 5.56 Å². The Labute approximate surface area is 465 Å². The number of piperidine rings is 1. The predicted octanol–water partition coefficient (Wildman–Crippen LogP) is 10.2. The summed E-state index contributed by atoms with van der Waals surface area (Å²) in [5.41, 5.74) is 7.95. The first-order valence-electron chi connectivity index (χ1n) is 28.6. The molecule has 3 aromatic carbocycles. The highest BCUT2D eigenvalue weighted by atomic mass is 35.5. The second-order valence-corrected chi connectivity index (χ2v) is 26.5. The molecule has 2 aliphatic carbocycles. The SMILES string of the molecule is Cc1ncsc1-c1ccc([C@H](CN2CC(C)(F)C2)NC(=O)[C@@H]2C[C@@H](O)CN2C(=O)[C@@H](n2cc(C3CCC(CN4CCC(c5ccc6c(c5)-n5c(nc(=O)c7c(Cl)cccc75)C65CCCCC5)CC4)CC3)nn2)C(C)(C)C)cc1. The zero-order valence-electron chi connectivity index (χ0n) is 45.8. The van der Waals surface area contributed by atoms with Crippen molar-refractivity contribution in [2.45, 2.75) is 159 Å². The number of nitrogens with zero attached hydrogens (tertiary/aromatic N) is 9. The highest BCUT2D eigenvalue weighted by molar-refractivity contribution is 7.13. The molecule has 0 unspecified atom stereocenters. The Bertz CT molecular complexity index is 3270. The van der Waals surface area contributed by atoms with E-state index in [-0.39, 0.29) is 54.8 Å². The number of benzene rings is 3. The number of alkyl halides is 1. The molecule has 17 heteroatoms. The molecule has 14 nitrogen and oxygen atoms in total. The summed E-state index contributed by atoms with van der Waals surface area (Å²) in [4.78, 5) is 59.3. The Kier molecular flexibility index (Phi) is 14.3. The van der Waals surface area contributed by atoms with Gasteiger partial charge in [-0.15, -0.1) is 16.4 Å². The summed E-state index contributed by atoms with van der Waals surface area (Å²) < 4.78 is 18.7. The Hall–Kier alpha value is -5.39. The first-order valence-corrected chi connectivity index (χ1v) is 29.9. The number of hydrogen-bond donors (Lipinski definition) is 2. The van der Waals surface area contributed by atoms with Crippen molar-refractivity contribution in [1.29, 1.82) is 0 Å². The van der Waals surface area contributed by atoms with Gasteiger partial charge in [-0.25, -0.2) is 14.1 Å². The van der Waals surface area contributed by atoms with Gasteiger partial charge >= 0.3 is 0 Å². The second-order valence-electron chi connectivity index (χ2n) is 25.2. The van der Waals surface area contributed by atoms with E-state index in [1.54, 1.807) is 29.0 Å². The van der Waals surface area contributed by atoms with Gasteiger partial charge in [-0.05, 0) is 136 Å². The molecule has 7 heterocycles. The fourth-order valence-corrected chi connectivity index (χ4v) is 15.6. The number of carbonyl (C=O) groups excluding carboxylic acids is 2. The number of aryl methyl sites for hydroxylation is 1. The molecule has 4 aliphatic heterocycles. The molecule has 6 aromatic rings. The van der Waals surface area contributed by atoms with Gasteiger partial charge in [-0.3, -0.25) is 23.9 Å². The zero-order valence-corrected chi connectivity index (χ0v) is 47.3. The normalized spacial score (nSPS) is 24.2. The van der Waals surface area contributed by atoms with Crippen molar-refractivity contribution in [1.82, 2.24) is 49.5 Å². The second kappa shape index (κ2) is 20.9. The number of β-amino-alcohol motifs (C(OH)–C–C–N with tert-alkyl or cyclic N) is 1. The molecule has 0 radical (unpaired) electrons. The number of rotatable bonds is 12. The highest BCUT2D eigenvalue weighted by Gasteiger charge is 2.49. The van der Waals surface area contributed by atoms with E-state index in [4.69, 9.17) is 21.7 Å². The molecule has 4 atom stereocenters. The van der Waals surface area contributed by atoms with E-state index in [1.807, 2.05) is 80.7 Å². The minimum Gasteiger partial charge on any atom is -0.391 e. The van der Waals surface area contributed by atoms with Crippen LogP contribution in [-0.4, -0.2) is 125 Å². The van der Waals surface area contributed by atoms with Crippen LogP contribution in [0.25, 0.3) is 27.0 Å². The molecule has 5 fully saturated rings. The number of thiazole rings is 1. The number of likely N-dealkylation sites (tertiary alicyclic amines) is 3. The quantitative estimate of drug-likeness (QED) is 0.121. The summed E-state index contributed by atoms with van der Waals surface area (Å²) in [6.07, 6.45) is 13.1. The van der Waals surface area contributed by atoms with Gasteiger partial charge in [0, 0.05) is 51.3 Å². The average Bonchev–Trinajstić information content (AvgIpc) is 4.28. The number of aliphatic hydroxyl groups excluding tert-OH is 1. The lowest BCUT2D eigenvalue weighted by atomic mass is 9.69. The number of amides is 2. The fraction of sp³-hybridized carbons (Fsp3) is 0.557. The molecule has 12 rings (SSSR count). The van der Waals surface area contributed by atoms with Crippen molar-refractivity contribution < 1.29 is 19.1 Å². The number of nitrogens with one attached hydrogen (secondary N) is 1. The number of carbonyl (C=O) groups is 2. The van der Waals surface area contributed by atoms with Crippen molar-refractivity contribution in [3.63, 3.8) is 0 Å². The lowest BCUT2D eigenvalue weighted by Crippen LogP contribution is -2.59. The summed E-state index contributed by atoms with van der Waals surface area (Å²) in [7, 11) is 0. The van der Waals surface area contributed by atoms with E-state index in [1.165, 1.54) is 28.1 Å². The molecule has 6 aliphatic rings. The van der Waals surface area contributed by atoms with Gasteiger partial charge in [-0.2, -0.15) is 4.98 Å². The Balaban J connectivity index is 0.676. The monoisotopic (exact) mass is 1100 g/mol. The molecule has 2 amide bonds. The molecular weight excluding hydrogens is 1020 g/mol. The van der Waals surface area contributed by atoms with E-state index in [0.29, 0.717) is 28.8 Å². The van der Waals surface area contributed by atoms with Crippen molar-refractivity contribution in [2.24, 2.45) is 11.3 Å². The van der Waals surface area contributed by atoms with Gasteiger partial charge in [0.1, 0.15) is 23.6 Å². The minimum atomic E-state index is -1.28. The van der Waals surface area contributed by atoms with Crippen LogP contribution in [0.5, 0.6) is 0 Å². The molecule has 78 heavy (non-hydrogen) atoms. The van der Waals surface area contributed by atoms with E-state index < -0.39 is 35.3 Å². The summed E-state index contributed by atoms with van der Waals surface area (Å²) in [5, 5.41) is 24.6. The molecular formula is C61H74ClFN10O4S. The molecule has 2 N–H and O–H groups in total. The number of fused-ring (bicyclic) bond motifs is 7. The van der Waals surface area contributed by atoms with Crippen LogP contribution in [0.2, 0.25) is 5.02 Å². The molecule has 412 valence electrons. The summed E-state index contributed by atoms with van der Waals surface area (Å²) in [5.74, 6) is 1.56. The number of aromatic nitrogens is 6. The van der Waals surface area contributed by atoms with Crippen LogP contribution in [0.4, 0.5) is 4.39 Å². The van der Waals surface area contributed by atoms with E-state index in [9.17, 15) is 23.9 Å². The minimum absolute atomic E-state index is 0.0338. The van der Waals surface area contributed by atoms with Crippen LogP contribution in [0.1, 0.15) is 163 Å². The third-order valence-corrected chi connectivity index (χ3v) is 19.8. The summed E-state index contributed by atoms with van der Waals surface area (Å²) in [6, 6.07) is 18.8. The maximum absolute atomic E-state index is 14.9. The summed E-state index contributed by atoms with van der Waals surface area (Å²) in [6.45, 7) is 13.8. The van der Waals surface area contributed by atoms with E-state index in [0.717, 1.165) is 123 Å². The fourth-order valence-electron chi connectivity index (χ4n) is 14.6. The first kappa shape index (κ1) is 53.3. The smallest absolute Gasteiger partial charge is 0.282 e. The lowest BCUT2D eigenvalue weighted by molar-refractivity contribution is -0.144. The summed E-state index contributed by atoms with van der Waals surface area (Å²) >= 11 is 8.24. The molecule has 3 aromatic heterocycles. The Morgan fingerprint density at radius 1 is 0.949 bits per heavy atom. The van der Waals surface area contributed by atoms with Crippen LogP contribution in [0, 0.1) is 18.3 Å². The number of aliphatic hydroxyl groups is 1. The highest BCUT2D eigenvalue weighted by Crippen LogP contribution is 2.52. The van der Waals surface area contributed by atoms with Crippen molar-refractivity contribution in [3.8, 4) is 16.1 Å². The molecule has 2 saturated carbocycles. The van der Waals surface area contributed by atoms with Crippen LogP contribution in [0.15, 0.2) is 77.2 Å². The molecule has 3 saturated heterocycles. The van der Waals surface area contributed by atoms with Crippen molar-refractivity contribution >= 4 is 45.7 Å². The van der Waals surface area contributed by atoms with E-state index in [2.05, 4.69) is 43.2 Å². The lowest BCUT2D eigenvalue weighted by Gasteiger charge is -2.44. The third-order valence-electron chi connectivity index (χ3n) is 18.5. The van der Waals surface area contributed by atoms with Crippen LogP contribution in [-0.2, 0) is 15.0 Å². The first-order chi connectivity index (χ1) is 37.4. The maximum atomic E-state index is 14.9. The Morgan fingerprint density at radius 2 is 1.69 bits per heavy atom. The van der Waals surface area contributed by atoms with Gasteiger partial charge in [0.15, 0.2) is 0 Å². The number of hydrogen-bond acceptors (Lipinski definition) is 11. The Morgan fingerprint density at radius 3 is 2.38 bits per heavy atom. The van der Waals surface area contributed by atoms with Crippen LogP contribution in [0.3, 0.4) is 0 Å². The van der Waals surface area contributed by atoms with Gasteiger partial charge in [-0.1, -0.05) is 99.3 Å². The molecule has 1 spiro atoms.